The third-order valence-corrected chi connectivity index (χ3v) is 5.28. The third kappa shape index (κ3) is 4.09. The minimum absolute atomic E-state index is 0.133. The zero-order valence-corrected chi connectivity index (χ0v) is 17.2. The lowest BCUT2D eigenvalue weighted by molar-refractivity contribution is 0.171. The van der Waals surface area contributed by atoms with Crippen LogP contribution in [0.1, 0.15) is 5.69 Å². The fourth-order valence-corrected chi connectivity index (χ4v) is 3.61. The highest BCUT2D eigenvalue weighted by Gasteiger charge is 2.23. The number of piperazine rings is 1. The zero-order valence-electron chi connectivity index (χ0n) is 17.2. The largest absolute Gasteiger partial charge is 0.486 e. The number of nitrogens with zero attached hydrogens (tertiary/aromatic N) is 6. The van der Waals surface area contributed by atoms with Crippen LogP contribution in [-0.4, -0.2) is 70.3 Å². The van der Waals surface area contributed by atoms with E-state index >= 15 is 0 Å². The summed E-state index contributed by atoms with van der Waals surface area (Å²) in [5.41, 5.74) is 1.61. The highest BCUT2D eigenvalue weighted by atomic mass is 16.6. The minimum Gasteiger partial charge on any atom is -0.486 e. The summed E-state index contributed by atoms with van der Waals surface area (Å²) in [6.07, 6.45) is 1.86. The summed E-state index contributed by atoms with van der Waals surface area (Å²) in [4.78, 5) is 16.6. The van der Waals surface area contributed by atoms with Crippen LogP contribution >= 0.6 is 0 Å². The van der Waals surface area contributed by atoms with Crippen molar-refractivity contribution in [1.82, 2.24) is 24.9 Å². The molecule has 2 aliphatic rings. The Bertz CT molecular complexity index is 1070. The maximum atomic E-state index is 12.7. The van der Waals surface area contributed by atoms with Gasteiger partial charge in [-0.25, -0.2) is 9.48 Å². The third-order valence-electron chi connectivity index (χ3n) is 5.28. The number of rotatable bonds is 3. The van der Waals surface area contributed by atoms with Crippen LogP contribution in [0.4, 0.5) is 16.3 Å². The standard InChI is InChI=1S/C21H23N7O3/c1-15-6-7-28(25-15)20-5-4-19(23-24-20)26-8-10-27(11-9-26)21(29)22-16-2-3-17-18(14-16)31-13-12-30-17/h2-7,14H,8-13H2,1H3,(H,22,29). The molecule has 31 heavy (non-hydrogen) atoms. The quantitative estimate of drug-likeness (QED) is 0.692. The van der Waals surface area contributed by atoms with Gasteiger partial charge in [0.15, 0.2) is 23.1 Å². The molecule has 2 aliphatic heterocycles. The Labute approximate surface area is 179 Å². The van der Waals surface area contributed by atoms with Crippen LogP contribution in [-0.2, 0) is 0 Å². The number of benzene rings is 1. The monoisotopic (exact) mass is 421 g/mol. The van der Waals surface area contributed by atoms with Crippen molar-refractivity contribution in [3.05, 3.63) is 48.3 Å². The molecule has 0 radical (unpaired) electrons. The van der Waals surface area contributed by atoms with Gasteiger partial charge in [0.1, 0.15) is 13.2 Å². The first kappa shape index (κ1) is 19.2. The highest BCUT2D eigenvalue weighted by Crippen LogP contribution is 2.32. The Morgan fingerprint density at radius 1 is 0.935 bits per heavy atom. The van der Waals surface area contributed by atoms with Crippen molar-refractivity contribution < 1.29 is 14.3 Å². The molecule has 1 saturated heterocycles. The van der Waals surface area contributed by atoms with Crippen LogP contribution in [0.15, 0.2) is 42.6 Å². The maximum absolute atomic E-state index is 12.7. The predicted octanol–water partition coefficient (Wildman–Crippen LogP) is 2.10. The molecule has 4 heterocycles. The van der Waals surface area contributed by atoms with Crippen molar-refractivity contribution >= 4 is 17.5 Å². The van der Waals surface area contributed by atoms with Crippen LogP contribution in [0, 0.1) is 6.92 Å². The van der Waals surface area contributed by atoms with E-state index in [1.54, 1.807) is 15.6 Å². The first-order valence-electron chi connectivity index (χ1n) is 10.2. The highest BCUT2D eigenvalue weighted by molar-refractivity contribution is 5.90. The van der Waals surface area contributed by atoms with E-state index < -0.39 is 0 Å². The molecule has 2 amide bonds. The number of hydrogen-bond acceptors (Lipinski definition) is 7. The summed E-state index contributed by atoms with van der Waals surface area (Å²) >= 11 is 0. The normalized spacial score (nSPS) is 15.6. The molecule has 0 unspecified atom stereocenters. The second-order valence-corrected chi connectivity index (χ2v) is 7.41. The van der Waals surface area contributed by atoms with E-state index in [0.29, 0.717) is 62.4 Å². The van der Waals surface area contributed by atoms with Crippen molar-refractivity contribution in [2.24, 2.45) is 0 Å². The average molecular weight is 421 g/mol. The second-order valence-electron chi connectivity index (χ2n) is 7.41. The lowest BCUT2D eigenvalue weighted by Crippen LogP contribution is -2.50. The number of nitrogens with one attached hydrogen (secondary N) is 1. The maximum Gasteiger partial charge on any atom is 0.321 e. The van der Waals surface area contributed by atoms with Crippen LogP contribution in [0.3, 0.4) is 0 Å². The van der Waals surface area contributed by atoms with Gasteiger partial charge in [-0.1, -0.05) is 0 Å². The van der Waals surface area contributed by atoms with E-state index in [9.17, 15) is 4.79 Å². The predicted molar refractivity (Wildman–Crippen MR) is 114 cm³/mol. The van der Waals surface area contributed by atoms with Crippen molar-refractivity contribution in [2.45, 2.75) is 6.92 Å². The molecule has 10 heteroatoms. The summed E-state index contributed by atoms with van der Waals surface area (Å²) in [5, 5.41) is 15.9. The van der Waals surface area contributed by atoms with Gasteiger partial charge < -0.3 is 24.6 Å². The molecule has 0 atom stereocenters. The number of carbonyl (C=O) groups is 1. The smallest absolute Gasteiger partial charge is 0.321 e. The molecule has 0 saturated carbocycles. The van der Waals surface area contributed by atoms with Gasteiger partial charge in [0.2, 0.25) is 0 Å². The lowest BCUT2D eigenvalue weighted by Gasteiger charge is -2.35. The molecule has 5 rings (SSSR count). The van der Waals surface area contributed by atoms with Crippen molar-refractivity contribution in [3.63, 3.8) is 0 Å². The van der Waals surface area contributed by atoms with Crippen LogP contribution in [0.5, 0.6) is 11.5 Å². The van der Waals surface area contributed by atoms with Gasteiger partial charge in [0.05, 0.1) is 5.69 Å². The number of fused-ring (bicyclic) bond motifs is 1. The molecule has 3 aromatic rings. The number of anilines is 2. The second kappa shape index (κ2) is 8.13. The Balaban J connectivity index is 1.17. The minimum atomic E-state index is -0.133. The summed E-state index contributed by atoms with van der Waals surface area (Å²) < 4.78 is 12.8. The van der Waals surface area contributed by atoms with Gasteiger partial charge in [-0.3, -0.25) is 0 Å². The van der Waals surface area contributed by atoms with Gasteiger partial charge in [-0.2, -0.15) is 5.10 Å². The van der Waals surface area contributed by atoms with E-state index in [1.165, 1.54) is 0 Å². The number of aromatic nitrogens is 4. The van der Waals surface area contributed by atoms with Gasteiger partial charge in [-0.05, 0) is 37.3 Å². The van der Waals surface area contributed by atoms with Crippen molar-refractivity contribution in [1.29, 1.82) is 0 Å². The number of ether oxygens (including phenoxy) is 2. The molecule has 2 aromatic heterocycles. The molecule has 0 spiro atoms. The number of urea groups is 1. The fourth-order valence-electron chi connectivity index (χ4n) is 3.61. The van der Waals surface area contributed by atoms with Crippen LogP contribution in [0.2, 0.25) is 0 Å². The summed E-state index contributed by atoms with van der Waals surface area (Å²) in [6.45, 7) is 5.54. The van der Waals surface area contributed by atoms with Gasteiger partial charge in [0.25, 0.3) is 0 Å². The molecule has 1 N–H and O–H groups in total. The SMILES string of the molecule is Cc1ccn(-c2ccc(N3CCN(C(=O)Nc4ccc5c(c4)OCCO5)CC3)nn2)n1. The fraction of sp³-hybridized carbons (Fsp3) is 0.333. The Kier molecular flexibility index (Phi) is 5.03. The molecular weight excluding hydrogens is 398 g/mol. The number of amides is 2. The van der Waals surface area contributed by atoms with Crippen LogP contribution in [0.25, 0.3) is 5.82 Å². The number of carbonyl (C=O) groups excluding carboxylic acids is 1. The van der Waals surface area contributed by atoms with E-state index in [0.717, 1.165) is 11.5 Å². The summed E-state index contributed by atoms with van der Waals surface area (Å²) in [7, 11) is 0. The number of hydrogen-bond donors (Lipinski definition) is 1. The average Bonchev–Trinajstić information content (AvgIpc) is 3.25. The topological polar surface area (TPSA) is 97.6 Å². The van der Waals surface area contributed by atoms with Gasteiger partial charge >= 0.3 is 6.03 Å². The Morgan fingerprint density at radius 2 is 1.68 bits per heavy atom. The van der Waals surface area contributed by atoms with E-state index in [1.807, 2.05) is 43.5 Å². The molecule has 1 fully saturated rings. The van der Waals surface area contributed by atoms with Crippen molar-refractivity contribution in [3.8, 4) is 17.3 Å². The Morgan fingerprint density at radius 3 is 2.39 bits per heavy atom. The van der Waals surface area contributed by atoms with Gasteiger partial charge in [-0.15, -0.1) is 10.2 Å². The first-order chi connectivity index (χ1) is 15.2. The molecule has 160 valence electrons. The lowest BCUT2D eigenvalue weighted by atomic mass is 10.2. The molecular formula is C21H23N7O3. The molecule has 0 aliphatic carbocycles. The molecule has 0 bridgehead atoms. The van der Waals surface area contributed by atoms with Crippen molar-refractivity contribution in [2.75, 3.05) is 49.6 Å². The van der Waals surface area contributed by atoms with Gasteiger partial charge in [0, 0.05) is 44.1 Å². The molecule has 1 aromatic carbocycles. The number of aryl methyl sites for hydroxylation is 1. The first-order valence-corrected chi connectivity index (χ1v) is 10.2. The van der Waals surface area contributed by atoms with E-state index in [2.05, 4.69) is 25.5 Å². The Hall–Kier alpha value is -3.82. The summed E-state index contributed by atoms with van der Waals surface area (Å²) in [6, 6.07) is 11.0. The van der Waals surface area contributed by atoms with E-state index in [4.69, 9.17) is 9.47 Å². The molecule has 10 nitrogen and oxygen atoms in total. The summed E-state index contributed by atoms with van der Waals surface area (Å²) in [5.74, 6) is 2.82. The van der Waals surface area contributed by atoms with E-state index in [-0.39, 0.29) is 6.03 Å². The van der Waals surface area contributed by atoms with Crippen LogP contribution < -0.4 is 19.7 Å². The zero-order chi connectivity index (χ0) is 21.2.